The molecule has 5 nitrogen and oxygen atoms in total. The molecule has 0 saturated carbocycles. The average molecular weight is 206 g/mol. The fourth-order valence-electron chi connectivity index (χ4n) is 1.41. The van der Waals surface area contributed by atoms with Crippen molar-refractivity contribution in [3.63, 3.8) is 0 Å². The average Bonchev–Trinajstić information content (AvgIpc) is 2.11. The van der Waals surface area contributed by atoms with Crippen LogP contribution in [0.25, 0.3) is 0 Å². The van der Waals surface area contributed by atoms with E-state index in [4.69, 9.17) is 14.6 Å². The summed E-state index contributed by atoms with van der Waals surface area (Å²) in [7, 11) is 0. The smallest absolute Gasteiger partial charge is 0.186 e. The molecule has 1 fully saturated rings. The second-order valence-electron chi connectivity index (χ2n) is 3.79. The van der Waals surface area contributed by atoms with Crippen LogP contribution in [0.1, 0.15) is 20.3 Å². The molecule has 5 heteroatoms. The van der Waals surface area contributed by atoms with Gasteiger partial charge in [0.05, 0.1) is 24.9 Å². The van der Waals surface area contributed by atoms with E-state index in [1.165, 1.54) is 0 Å². The summed E-state index contributed by atoms with van der Waals surface area (Å²) in [6, 6.07) is 0. The maximum absolute atomic E-state index is 9.52. The summed E-state index contributed by atoms with van der Waals surface area (Å²) in [5, 5.41) is 27.8. The van der Waals surface area contributed by atoms with Crippen LogP contribution in [0.2, 0.25) is 0 Å². The zero-order valence-corrected chi connectivity index (χ0v) is 8.46. The van der Waals surface area contributed by atoms with E-state index < -0.39 is 24.6 Å². The van der Waals surface area contributed by atoms with Crippen molar-refractivity contribution in [2.24, 2.45) is 0 Å². The van der Waals surface area contributed by atoms with E-state index >= 15 is 0 Å². The summed E-state index contributed by atoms with van der Waals surface area (Å²) in [4.78, 5) is 0. The van der Waals surface area contributed by atoms with E-state index in [0.717, 1.165) is 0 Å². The van der Waals surface area contributed by atoms with Crippen molar-refractivity contribution in [1.29, 1.82) is 0 Å². The lowest BCUT2D eigenvalue weighted by atomic mass is 10.0. The minimum absolute atomic E-state index is 0.0979. The van der Waals surface area contributed by atoms with Crippen molar-refractivity contribution >= 4 is 0 Å². The van der Waals surface area contributed by atoms with Crippen LogP contribution in [0.5, 0.6) is 0 Å². The number of ether oxygens (including phenoxy) is 2. The van der Waals surface area contributed by atoms with Crippen LogP contribution in [0, 0.1) is 0 Å². The largest absolute Gasteiger partial charge is 0.394 e. The third-order valence-corrected chi connectivity index (χ3v) is 2.11. The number of hydrogen-bond acceptors (Lipinski definition) is 5. The molecule has 1 aliphatic heterocycles. The summed E-state index contributed by atoms with van der Waals surface area (Å²) in [5.41, 5.74) is 0. The molecule has 3 N–H and O–H groups in total. The van der Waals surface area contributed by atoms with Crippen molar-refractivity contribution < 1.29 is 24.8 Å². The summed E-state index contributed by atoms with van der Waals surface area (Å²) in [5.74, 6) is 0. The minimum atomic E-state index is -1.04. The third-order valence-electron chi connectivity index (χ3n) is 2.11. The zero-order chi connectivity index (χ0) is 10.7. The Balaban J connectivity index is 2.53. The Labute approximate surface area is 83.3 Å². The molecule has 0 aromatic carbocycles. The first-order valence-electron chi connectivity index (χ1n) is 4.82. The van der Waals surface area contributed by atoms with Crippen LogP contribution in [-0.2, 0) is 9.47 Å². The molecule has 1 aliphatic rings. The van der Waals surface area contributed by atoms with E-state index in [1.807, 2.05) is 13.8 Å². The van der Waals surface area contributed by atoms with E-state index in [0.29, 0.717) is 0 Å². The Kier molecular flexibility index (Phi) is 4.28. The van der Waals surface area contributed by atoms with Gasteiger partial charge in [-0.3, -0.25) is 0 Å². The van der Waals surface area contributed by atoms with E-state index in [-0.39, 0.29) is 19.1 Å². The summed E-state index contributed by atoms with van der Waals surface area (Å²) in [6.45, 7) is 3.44. The SMILES string of the molecule is CC(C)OC1OC(CO)C[C@H](O)C1O. The highest BCUT2D eigenvalue weighted by Crippen LogP contribution is 2.21. The molecule has 0 radical (unpaired) electrons. The fraction of sp³-hybridized carbons (Fsp3) is 1.00. The van der Waals surface area contributed by atoms with Gasteiger partial charge in [-0.2, -0.15) is 0 Å². The molecule has 0 bridgehead atoms. The first-order chi connectivity index (χ1) is 6.54. The quantitative estimate of drug-likeness (QED) is 0.565. The van der Waals surface area contributed by atoms with Gasteiger partial charge in [0, 0.05) is 6.42 Å². The predicted molar refractivity (Wildman–Crippen MR) is 48.6 cm³/mol. The van der Waals surface area contributed by atoms with E-state index in [2.05, 4.69) is 0 Å². The highest BCUT2D eigenvalue weighted by Gasteiger charge is 2.37. The van der Waals surface area contributed by atoms with Crippen molar-refractivity contribution in [2.75, 3.05) is 6.61 Å². The summed E-state index contributed by atoms with van der Waals surface area (Å²) < 4.78 is 10.5. The predicted octanol–water partition coefficient (Wildman–Crippen LogP) is -0.760. The molecule has 0 amide bonds. The van der Waals surface area contributed by atoms with Gasteiger partial charge in [0.15, 0.2) is 6.29 Å². The lowest BCUT2D eigenvalue weighted by Crippen LogP contribution is -2.51. The Morgan fingerprint density at radius 1 is 1.43 bits per heavy atom. The fourth-order valence-corrected chi connectivity index (χ4v) is 1.41. The molecule has 3 unspecified atom stereocenters. The Hall–Kier alpha value is -0.200. The van der Waals surface area contributed by atoms with Crippen LogP contribution in [-0.4, -0.2) is 52.6 Å². The molecule has 4 atom stereocenters. The second kappa shape index (κ2) is 5.04. The standard InChI is InChI=1S/C9H18O5/c1-5(2)13-9-8(12)7(11)3-6(4-10)14-9/h5-12H,3-4H2,1-2H3/t6?,7-,8?,9?/m0/s1. The van der Waals surface area contributed by atoms with Gasteiger partial charge in [-0.1, -0.05) is 0 Å². The lowest BCUT2D eigenvalue weighted by Gasteiger charge is -2.36. The number of hydrogen-bond donors (Lipinski definition) is 3. The van der Waals surface area contributed by atoms with Crippen LogP contribution in [0.15, 0.2) is 0 Å². The van der Waals surface area contributed by atoms with Gasteiger partial charge in [-0.05, 0) is 13.8 Å². The first-order valence-corrected chi connectivity index (χ1v) is 4.82. The summed E-state index contributed by atoms with van der Waals surface area (Å²) in [6.07, 6.45) is -3.12. The van der Waals surface area contributed by atoms with Gasteiger partial charge < -0.3 is 24.8 Å². The number of aliphatic hydroxyl groups excluding tert-OH is 3. The molecule has 0 aromatic rings. The molecule has 0 spiro atoms. The molecule has 1 heterocycles. The maximum Gasteiger partial charge on any atom is 0.186 e. The van der Waals surface area contributed by atoms with Crippen LogP contribution >= 0.6 is 0 Å². The minimum Gasteiger partial charge on any atom is -0.394 e. The van der Waals surface area contributed by atoms with Gasteiger partial charge >= 0.3 is 0 Å². The molecular formula is C9H18O5. The van der Waals surface area contributed by atoms with Crippen LogP contribution in [0.4, 0.5) is 0 Å². The number of rotatable bonds is 3. The molecule has 0 aromatic heterocycles. The van der Waals surface area contributed by atoms with Gasteiger partial charge in [-0.25, -0.2) is 0 Å². The van der Waals surface area contributed by atoms with E-state index in [1.54, 1.807) is 0 Å². The highest BCUT2D eigenvalue weighted by atomic mass is 16.7. The molecule has 14 heavy (non-hydrogen) atoms. The van der Waals surface area contributed by atoms with Gasteiger partial charge in [-0.15, -0.1) is 0 Å². The highest BCUT2D eigenvalue weighted by molar-refractivity contribution is 4.81. The third kappa shape index (κ3) is 2.90. The van der Waals surface area contributed by atoms with Crippen LogP contribution < -0.4 is 0 Å². The van der Waals surface area contributed by atoms with Crippen molar-refractivity contribution in [1.82, 2.24) is 0 Å². The van der Waals surface area contributed by atoms with Gasteiger partial charge in [0.25, 0.3) is 0 Å². The Morgan fingerprint density at radius 3 is 2.57 bits per heavy atom. The second-order valence-corrected chi connectivity index (χ2v) is 3.79. The van der Waals surface area contributed by atoms with E-state index in [9.17, 15) is 10.2 Å². The molecule has 1 saturated heterocycles. The molecule has 1 rings (SSSR count). The topological polar surface area (TPSA) is 79.2 Å². The molecular weight excluding hydrogens is 188 g/mol. The Bertz CT molecular complexity index is 173. The molecule has 84 valence electrons. The Morgan fingerprint density at radius 2 is 2.07 bits per heavy atom. The normalized spacial score (nSPS) is 39.0. The zero-order valence-electron chi connectivity index (χ0n) is 8.46. The lowest BCUT2D eigenvalue weighted by molar-refractivity contribution is -0.280. The van der Waals surface area contributed by atoms with Crippen molar-refractivity contribution in [3.8, 4) is 0 Å². The van der Waals surface area contributed by atoms with Crippen molar-refractivity contribution in [3.05, 3.63) is 0 Å². The van der Waals surface area contributed by atoms with Crippen LogP contribution in [0.3, 0.4) is 0 Å². The monoisotopic (exact) mass is 206 g/mol. The van der Waals surface area contributed by atoms with Gasteiger partial charge in [0.1, 0.15) is 6.10 Å². The molecule has 0 aliphatic carbocycles. The van der Waals surface area contributed by atoms with Gasteiger partial charge in [0.2, 0.25) is 0 Å². The maximum atomic E-state index is 9.52. The first kappa shape index (κ1) is 11.9. The summed E-state index contributed by atoms with van der Waals surface area (Å²) >= 11 is 0. The number of aliphatic hydroxyl groups is 3. The van der Waals surface area contributed by atoms with Crippen molar-refractivity contribution in [2.45, 2.75) is 51.0 Å².